The zero-order valence-electron chi connectivity index (χ0n) is 9.15. The van der Waals surface area contributed by atoms with Crippen LogP contribution in [0.1, 0.15) is 0 Å². The van der Waals surface area contributed by atoms with Crippen LogP contribution in [0.2, 0.25) is 0 Å². The summed E-state index contributed by atoms with van der Waals surface area (Å²) in [4.78, 5) is 10.0. The van der Waals surface area contributed by atoms with E-state index in [1.54, 1.807) is 12.1 Å². The lowest BCUT2D eigenvalue weighted by Gasteiger charge is -1.96. The SMILES string of the molecule is O=[N+]([O-])c1ccc(N=Nc2ccccc2I)cc1. The maximum Gasteiger partial charge on any atom is 0.269 e. The van der Waals surface area contributed by atoms with Gasteiger partial charge in [0.15, 0.2) is 0 Å². The molecule has 0 N–H and O–H groups in total. The van der Waals surface area contributed by atoms with Crippen molar-refractivity contribution in [1.29, 1.82) is 0 Å². The zero-order chi connectivity index (χ0) is 13.0. The predicted molar refractivity (Wildman–Crippen MR) is 76.4 cm³/mol. The fourth-order valence-corrected chi connectivity index (χ4v) is 1.78. The maximum absolute atomic E-state index is 10.5. The van der Waals surface area contributed by atoms with E-state index < -0.39 is 4.92 Å². The minimum absolute atomic E-state index is 0.0447. The van der Waals surface area contributed by atoms with E-state index in [0.717, 1.165) is 9.26 Å². The molecule has 0 bridgehead atoms. The highest BCUT2D eigenvalue weighted by Gasteiger charge is 2.03. The number of halogens is 1. The molecule has 2 rings (SSSR count). The molecule has 0 aliphatic rings. The third-order valence-electron chi connectivity index (χ3n) is 2.19. The number of hydrogen-bond donors (Lipinski definition) is 0. The van der Waals surface area contributed by atoms with Crippen LogP contribution in [-0.2, 0) is 0 Å². The van der Waals surface area contributed by atoms with Gasteiger partial charge in [0.1, 0.15) is 0 Å². The summed E-state index contributed by atoms with van der Waals surface area (Å²) >= 11 is 2.17. The van der Waals surface area contributed by atoms with Gasteiger partial charge in [0.2, 0.25) is 0 Å². The van der Waals surface area contributed by atoms with Crippen LogP contribution in [0.25, 0.3) is 0 Å². The van der Waals surface area contributed by atoms with Crippen LogP contribution in [0.5, 0.6) is 0 Å². The number of benzene rings is 2. The Hall–Kier alpha value is -1.83. The maximum atomic E-state index is 10.5. The molecule has 6 heteroatoms. The second kappa shape index (κ2) is 5.67. The number of nitro groups is 1. The molecule has 0 atom stereocenters. The largest absolute Gasteiger partial charge is 0.269 e. The van der Waals surface area contributed by atoms with E-state index in [0.29, 0.717) is 5.69 Å². The Morgan fingerprint density at radius 2 is 1.67 bits per heavy atom. The van der Waals surface area contributed by atoms with Crippen LogP contribution in [0.3, 0.4) is 0 Å². The first kappa shape index (κ1) is 12.6. The normalized spacial score (nSPS) is 10.7. The molecule has 0 saturated carbocycles. The van der Waals surface area contributed by atoms with Gasteiger partial charge in [0.05, 0.1) is 16.3 Å². The second-order valence-corrected chi connectivity index (χ2v) is 4.59. The van der Waals surface area contributed by atoms with E-state index in [2.05, 4.69) is 32.8 Å². The van der Waals surface area contributed by atoms with Crippen LogP contribution < -0.4 is 0 Å². The summed E-state index contributed by atoms with van der Waals surface area (Å²) in [5, 5.41) is 18.6. The number of nitrogens with zero attached hydrogens (tertiary/aromatic N) is 3. The molecular formula is C12H8IN3O2. The highest BCUT2D eigenvalue weighted by atomic mass is 127. The number of azo groups is 1. The Morgan fingerprint density at radius 1 is 1.00 bits per heavy atom. The van der Waals surface area contributed by atoms with Gasteiger partial charge in [-0.2, -0.15) is 5.11 Å². The zero-order valence-corrected chi connectivity index (χ0v) is 11.3. The Bertz CT molecular complexity index is 597. The Balaban J connectivity index is 2.19. The summed E-state index contributed by atoms with van der Waals surface area (Å²) in [6.45, 7) is 0. The summed E-state index contributed by atoms with van der Waals surface area (Å²) in [5.74, 6) is 0. The van der Waals surface area contributed by atoms with Gasteiger partial charge >= 0.3 is 0 Å². The molecule has 5 nitrogen and oxygen atoms in total. The number of hydrogen-bond acceptors (Lipinski definition) is 4. The summed E-state index contributed by atoms with van der Waals surface area (Å²) < 4.78 is 1.00. The molecule has 0 spiro atoms. The van der Waals surface area contributed by atoms with Crippen molar-refractivity contribution in [1.82, 2.24) is 0 Å². The van der Waals surface area contributed by atoms with E-state index in [1.165, 1.54) is 12.1 Å². The molecule has 18 heavy (non-hydrogen) atoms. The molecule has 0 aliphatic carbocycles. The first-order valence-corrected chi connectivity index (χ1v) is 6.15. The first-order chi connectivity index (χ1) is 8.66. The molecule has 2 aromatic carbocycles. The van der Waals surface area contributed by atoms with Crippen LogP contribution in [0.4, 0.5) is 17.1 Å². The van der Waals surface area contributed by atoms with Gasteiger partial charge in [0.25, 0.3) is 5.69 Å². The molecule has 2 aromatic rings. The van der Waals surface area contributed by atoms with Gasteiger partial charge in [-0.3, -0.25) is 10.1 Å². The van der Waals surface area contributed by atoms with Crippen molar-refractivity contribution in [3.8, 4) is 0 Å². The minimum atomic E-state index is -0.443. The monoisotopic (exact) mass is 353 g/mol. The van der Waals surface area contributed by atoms with Crippen molar-refractivity contribution >= 4 is 39.7 Å². The molecule has 0 heterocycles. The minimum Gasteiger partial charge on any atom is -0.258 e. The average Bonchev–Trinajstić information content (AvgIpc) is 2.38. The lowest BCUT2D eigenvalue weighted by Crippen LogP contribution is -1.85. The average molecular weight is 353 g/mol. The van der Waals surface area contributed by atoms with Crippen molar-refractivity contribution in [2.45, 2.75) is 0 Å². The quantitative estimate of drug-likeness (QED) is 0.350. The van der Waals surface area contributed by atoms with Crippen molar-refractivity contribution in [2.75, 3.05) is 0 Å². The summed E-state index contributed by atoms with van der Waals surface area (Å²) in [5.41, 5.74) is 1.40. The Kier molecular flexibility index (Phi) is 3.98. The fourth-order valence-electron chi connectivity index (χ4n) is 1.29. The third kappa shape index (κ3) is 3.10. The van der Waals surface area contributed by atoms with E-state index in [-0.39, 0.29) is 5.69 Å². The van der Waals surface area contributed by atoms with Crippen molar-refractivity contribution < 1.29 is 4.92 Å². The molecule has 0 unspecified atom stereocenters. The van der Waals surface area contributed by atoms with Gasteiger partial charge in [0, 0.05) is 15.7 Å². The highest BCUT2D eigenvalue weighted by molar-refractivity contribution is 14.1. The molecule has 90 valence electrons. The number of rotatable bonds is 3. The summed E-state index contributed by atoms with van der Waals surface area (Å²) in [6.07, 6.45) is 0. The van der Waals surface area contributed by atoms with Crippen LogP contribution in [-0.4, -0.2) is 4.92 Å². The van der Waals surface area contributed by atoms with Gasteiger partial charge in [-0.05, 0) is 46.9 Å². The number of non-ortho nitro benzene ring substituents is 1. The molecule has 0 fully saturated rings. The predicted octanol–water partition coefficient (Wildman–Crippen LogP) is 4.61. The molecular weight excluding hydrogens is 345 g/mol. The lowest BCUT2D eigenvalue weighted by molar-refractivity contribution is -0.384. The Morgan fingerprint density at radius 3 is 2.28 bits per heavy atom. The van der Waals surface area contributed by atoms with Crippen molar-refractivity contribution in [3.63, 3.8) is 0 Å². The Labute approximate surface area is 117 Å². The fraction of sp³-hybridized carbons (Fsp3) is 0. The highest BCUT2D eigenvalue weighted by Crippen LogP contribution is 2.24. The van der Waals surface area contributed by atoms with Crippen LogP contribution >= 0.6 is 22.6 Å². The van der Waals surface area contributed by atoms with Crippen molar-refractivity contribution in [2.24, 2.45) is 10.2 Å². The van der Waals surface area contributed by atoms with E-state index in [4.69, 9.17) is 0 Å². The van der Waals surface area contributed by atoms with E-state index in [9.17, 15) is 10.1 Å². The standard InChI is InChI=1S/C12H8IN3O2/c13-11-3-1-2-4-12(11)15-14-9-5-7-10(8-6-9)16(17)18/h1-8H. The van der Waals surface area contributed by atoms with Gasteiger partial charge in [-0.1, -0.05) is 12.1 Å². The summed E-state index contributed by atoms with van der Waals surface area (Å²) in [6, 6.07) is 13.5. The number of nitro benzene ring substituents is 1. The van der Waals surface area contributed by atoms with E-state index in [1.807, 2.05) is 24.3 Å². The first-order valence-electron chi connectivity index (χ1n) is 5.07. The topological polar surface area (TPSA) is 67.9 Å². The molecule has 0 amide bonds. The van der Waals surface area contributed by atoms with Gasteiger partial charge < -0.3 is 0 Å². The summed E-state index contributed by atoms with van der Waals surface area (Å²) in [7, 11) is 0. The third-order valence-corrected chi connectivity index (χ3v) is 3.10. The van der Waals surface area contributed by atoms with Gasteiger partial charge in [-0.15, -0.1) is 5.11 Å². The van der Waals surface area contributed by atoms with Gasteiger partial charge in [-0.25, -0.2) is 0 Å². The smallest absolute Gasteiger partial charge is 0.258 e. The van der Waals surface area contributed by atoms with Crippen molar-refractivity contribution in [3.05, 3.63) is 62.2 Å². The molecule has 0 radical (unpaired) electrons. The molecule has 0 aliphatic heterocycles. The van der Waals surface area contributed by atoms with Crippen LogP contribution in [0, 0.1) is 13.7 Å². The molecule has 0 aromatic heterocycles. The van der Waals surface area contributed by atoms with Crippen LogP contribution in [0.15, 0.2) is 58.8 Å². The lowest BCUT2D eigenvalue weighted by atomic mass is 10.3. The van der Waals surface area contributed by atoms with E-state index >= 15 is 0 Å². The molecule has 0 saturated heterocycles. The second-order valence-electron chi connectivity index (χ2n) is 3.42.